The standard InChI is InChI=1S/C17H21N/c1-5-9-16(10-6-2)18-17-12-11-14(7-3)15(8-4)13-17/h5,7-13,18H,3-4,6H2,1-2H3/b9-5-,16-10+. The molecule has 0 aliphatic heterocycles. The van der Waals surface area contributed by atoms with Gasteiger partial charge in [0.25, 0.3) is 0 Å². The van der Waals surface area contributed by atoms with Crippen LogP contribution in [0.4, 0.5) is 5.69 Å². The molecule has 1 aromatic carbocycles. The highest BCUT2D eigenvalue weighted by molar-refractivity contribution is 5.69. The highest BCUT2D eigenvalue weighted by Crippen LogP contribution is 2.19. The summed E-state index contributed by atoms with van der Waals surface area (Å²) in [5.41, 5.74) is 4.36. The third-order valence-corrected chi connectivity index (χ3v) is 2.59. The van der Waals surface area contributed by atoms with Gasteiger partial charge in [0, 0.05) is 11.4 Å². The van der Waals surface area contributed by atoms with Crippen molar-refractivity contribution in [3.63, 3.8) is 0 Å². The van der Waals surface area contributed by atoms with E-state index in [2.05, 4.69) is 49.7 Å². The molecule has 0 aliphatic rings. The van der Waals surface area contributed by atoms with Crippen molar-refractivity contribution in [1.82, 2.24) is 0 Å². The summed E-state index contributed by atoms with van der Waals surface area (Å²) in [4.78, 5) is 0. The quantitative estimate of drug-likeness (QED) is 0.668. The second-order valence-electron chi connectivity index (χ2n) is 3.94. The molecule has 1 heteroatoms. The Morgan fingerprint density at radius 3 is 2.50 bits per heavy atom. The Bertz CT molecular complexity index is 478. The van der Waals surface area contributed by atoms with E-state index in [4.69, 9.17) is 0 Å². The topological polar surface area (TPSA) is 12.0 Å². The van der Waals surface area contributed by atoms with E-state index in [1.54, 1.807) is 0 Å². The molecule has 0 atom stereocenters. The number of hydrogen-bond acceptors (Lipinski definition) is 1. The summed E-state index contributed by atoms with van der Waals surface area (Å²) < 4.78 is 0. The average molecular weight is 239 g/mol. The summed E-state index contributed by atoms with van der Waals surface area (Å²) in [7, 11) is 0. The van der Waals surface area contributed by atoms with Crippen LogP contribution in [-0.2, 0) is 0 Å². The van der Waals surface area contributed by atoms with Crippen molar-refractivity contribution >= 4 is 17.8 Å². The summed E-state index contributed by atoms with van der Waals surface area (Å²) >= 11 is 0. The minimum absolute atomic E-state index is 1.01. The third-order valence-electron chi connectivity index (χ3n) is 2.59. The molecule has 0 saturated carbocycles. The zero-order valence-corrected chi connectivity index (χ0v) is 11.2. The summed E-state index contributed by atoms with van der Waals surface area (Å²) in [6.45, 7) is 11.8. The lowest BCUT2D eigenvalue weighted by atomic mass is 10.1. The molecule has 1 rings (SSSR count). The normalized spacial score (nSPS) is 11.6. The van der Waals surface area contributed by atoms with Crippen molar-refractivity contribution in [1.29, 1.82) is 0 Å². The minimum Gasteiger partial charge on any atom is -0.356 e. The van der Waals surface area contributed by atoms with E-state index in [0.717, 1.165) is 28.9 Å². The molecule has 1 N–H and O–H groups in total. The number of hydrogen-bond donors (Lipinski definition) is 1. The van der Waals surface area contributed by atoms with Gasteiger partial charge in [-0.15, -0.1) is 0 Å². The summed E-state index contributed by atoms with van der Waals surface area (Å²) in [5, 5.41) is 3.40. The lowest BCUT2D eigenvalue weighted by Crippen LogP contribution is -1.97. The number of rotatable bonds is 6. The summed E-state index contributed by atoms with van der Waals surface area (Å²) in [6, 6.07) is 6.18. The molecule has 0 bridgehead atoms. The Balaban J connectivity index is 3.00. The highest BCUT2D eigenvalue weighted by atomic mass is 14.9. The number of anilines is 1. The fourth-order valence-electron chi connectivity index (χ4n) is 1.74. The van der Waals surface area contributed by atoms with E-state index in [9.17, 15) is 0 Å². The van der Waals surface area contributed by atoms with E-state index in [1.807, 2.05) is 31.2 Å². The second kappa shape index (κ2) is 7.33. The van der Waals surface area contributed by atoms with E-state index < -0.39 is 0 Å². The van der Waals surface area contributed by atoms with Crippen LogP contribution in [0.2, 0.25) is 0 Å². The van der Waals surface area contributed by atoms with Crippen LogP contribution < -0.4 is 5.32 Å². The maximum absolute atomic E-state index is 3.83. The van der Waals surface area contributed by atoms with Crippen LogP contribution >= 0.6 is 0 Å². The van der Waals surface area contributed by atoms with Crippen molar-refractivity contribution in [3.05, 3.63) is 66.4 Å². The molecule has 0 aromatic heterocycles. The molecule has 0 saturated heterocycles. The molecule has 1 nitrogen and oxygen atoms in total. The van der Waals surface area contributed by atoms with Crippen LogP contribution in [0.5, 0.6) is 0 Å². The van der Waals surface area contributed by atoms with Crippen molar-refractivity contribution in [3.8, 4) is 0 Å². The molecular weight excluding hydrogens is 218 g/mol. The Morgan fingerprint density at radius 2 is 1.94 bits per heavy atom. The molecule has 0 radical (unpaired) electrons. The molecule has 0 fully saturated rings. The predicted molar refractivity (Wildman–Crippen MR) is 83.4 cm³/mol. The van der Waals surface area contributed by atoms with E-state index in [1.165, 1.54) is 0 Å². The molecule has 0 spiro atoms. The van der Waals surface area contributed by atoms with Crippen molar-refractivity contribution in [2.24, 2.45) is 0 Å². The molecule has 0 aliphatic carbocycles. The van der Waals surface area contributed by atoms with Gasteiger partial charge in [-0.3, -0.25) is 0 Å². The Hall–Kier alpha value is -2.02. The van der Waals surface area contributed by atoms with Gasteiger partial charge in [0.1, 0.15) is 0 Å². The van der Waals surface area contributed by atoms with Crippen molar-refractivity contribution in [2.45, 2.75) is 20.3 Å². The van der Waals surface area contributed by atoms with Crippen LogP contribution in [-0.4, -0.2) is 0 Å². The van der Waals surface area contributed by atoms with Crippen LogP contribution in [0, 0.1) is 0 Å². The first-order chi connectivity index (χ1) is 8.74. The minimum atomic E-state index is 1.01. The second-order valence-corrected chi connectivity index (χ2v) is 3.94. The summed E-state index contributed by atoms with van der Waals surface area (Å²) in [5.74, 6) is 0. The van der Waals surface area contributed by atoms with Crippen LogP contribution in [0.25, 0.3) is 12.2 Å². The van der Waals surface area contributed by atoms with Gasteiger partial charge in [-0.25, -0.2) is 0 Å². The Labute approximate surface area is 110 Å². The monoisotopic (exact) mass is 239 g/mol. The van der Waals surface area contributed by atoms with Crippen molar-refractivity contribution < 1.29 is 0 Å². The average Bonchev–Trinajstić information content (AvgIpc) is 2.39. The summed E-state index contributed by atoms with van der Waals surface area (Å²) in [6.07, 6.45) is 11.0. The molecule has 1 aromatic rings. The zero-order chi connectivity index (χ0) is 13.4. The molecule has 0 unspecified atom stereocenters. The van der Waals surface area contributed by atoms with Gasteiger partial charge in [0.2, 0.25) is 0 Å². The maximum atomic E-state index is 3.83. The number of allylic oxidation sites excluding steroid dienone is 3. The number of nitrogens with one attached hydrogen (secondary N) is 1. The Kier molecular flexibility index (Phi) is 5.72. The first-order valence-electron chi connectivity index (χ1n) is 6.24. The molecule has 0 amide bonds. The maximum Gasteiger partial charge on any atom is 0.0390 e. The van der Waals surface area contributed by atoms with Gasteiger partial charge in [-0.1, -0.05) is 50.5 Å². The predicted octanol–water partition coefficient (Wildman–Crippen LogP) is 5.25. The fourth-order valence-corrected chi connectivity index (χ4v) is 1.74. The molecule has 0 heterocycles. The van der Waals surface area contributed by atoms with Gasteiger partial charge in [-0.2, -0.15) is 0 Å². The van der Waals surface area contributed by atoms with Gasteiger partial charge in [0.15, 0.2) is 0 Å². The first kappa shape index (κ1) is 14.0. The van der Waals surface area contributed by atoms with Gasteiger partial charge in [0.05, 0.1) is 0 Å². The lowest BCUT2D eigenvalue weighted by Gasteiger charge is -2.10. The van der Waals surface area contributed by atoms with Gasteiger partial charge >= 0.3 is 0 Å². The molecular formula is C17H21N. The van der Waals surface area contributed by atoms with Gasteiger partial charge < -0.3 is 5.32 Å². The largest absolute Gasteiger partial charge is 0.356 e. The fraction of sp³-hybridized carbons (Fsp3) is 0.176. The molecule has 94 valence electrons. The van der Waals surface area contributed by atoms with Crippen LogP contribution in [0.1, 0.15) is 31.4 Å². The van der Waals surface area contributed by atoms with Crippen LogP contribution in [0.3, 0.4) is 0 Å². The molecule has 18 heavy (non-hydrogen) atoms. The first-order valence-corrected chi connectivity index (χ1v) is 6.24. The highest BCUT2D eigenvalue weighted by Gasteiger charge is 1.99. The van der Waals surface area contributed by atoms with E-state index >= 15 is 0 Å². The number of benzene rings is 1. The Morgan fingerprint density at radius 1 is 1.22 bits per heavy atom. The smallest absolute Gasteiger partial charge is 0.0390 e. The van der Waals surface area contributed by atoms with Crippen LogP contribution in [0.15, 0.2) is 55.3 Å². The van der Waals surface area contributed by atoms with E-state index in [-0.39, 0.29) is 0 Å². The van der Waals surface area contributed by atoms with Gasteiger partial charge in [-0.05, 0) is 42.7 Å². The van der Waals surface area contributed by atoms with Crippen molar-refractivity contribution in [2.75, 3.05) is 5.32 Å². The lowest BCUT2D eigenvalue weighted by molar-refractivity contribution is 1.20. The third kappa shape index (κ3) is 3.77. The zero-order valence-electron chi connectivity index (χ0n) is 11.2. The van der Waals surface area contributed by atoms with E-state index in [0.29, 0.717) is 0 Å². The SMILES string of the molecule is C=Cc1ccc(NC(/C=C\C)=C/CC)cc1C=C.